The molecule has 8 heteroatoms. The van der Waals surface area contributed by atoms with E-state index in [-0.39, 0.29) is 30.8 Å². The molecule has 8 nitrogen and oxygen atoms in total. The zero-order valence-corrected chi connectivity index (χ0v) is 22.4. The lowest BCUT2D eigenvalue weighted by Crippen LogP contribution is -2.26. The summed E-state index contributed by atoms with van der Waals surface area (Å²) in [5.74, 6) is 0.341. The predicted molar refractivity (Wildman–Crippen MR) is 148 cm³/mol. The number of hydrogen-bond acceptors (Lipinski definition) is 5. The number of methoxy groups -OCH3 is 1. The normalized spacial score (nSPS) is 14.7. The van der Waals surface area contributed by atoms with Crippen LogP contribution in [0.4, 0.5) is 5.69 Å². The van der Waals surface area contributed by atoms with Crippen molar-refractivity contribution in [3.8, 4) is 11.4 Å². The first-order valence-corrected chi connectivity index (χ1v) is 13.5. The average Bonchev–Trinajstić information content (AvgIpc) is 3.38. The molecule has 1 aliphatic carbocycles. The van der Waals surface area contributed by atoms with Gasteiger partial charge >= 0.3 is 5.97 Å². The highest BCUT2D eigenvalue weighted by Gasteiger charge is 2.30. The molecule has 1 aliphatic rings. The maximum atomic E-state index is 12.4. The summed E-state index contributed by atoms with van der Waals surface area (Å²) in [5.41, 5.74) is 4.72. The molecule has 0 saturated heterocycles. The molecule has 0 spiro atoms. The molecule has 38 heavy (non-hydrogen) atoms. The second kappa shape index (κ2) is 12.6. The van der Waals surface area contributed by atoms with E-state index in [4.69, 9.17) is 14.9 Å². The molecule has 2 aromatic carbocycles. The van der Waals surface area contributed by atoms with Crippen molar-refractivity contribution in [2.24, 2.45) is 5.92 Å². The van der Waals surface area contributed by atoms with Gasteiger partial charge in [0.1, 0.15) is 5.75 Å². The minimum absolute atomic E-state index is 0.0925. The van der Waals surface area contributed by atoms with Crippen molar-refractivity contribution in [3.05, 3.63) is 71.5 Å². The molecule has 0 radical (unpaired) electrons. The van der Waals surface area contributed by atoms with Crippen LogP contribution in [0.25, 0.3) is 5.69 Å². The highest BCUT2D eigenvalue weighted by Crippen LogP contribution is 2.39. The highest BCUT2D eigenvalue weighted by molar-refractivity contribution is 5.94. The number of carboxylic acid groups (broad SMARTS) is 1. The zero-order chi connectivity index (χ0) is 27.1. The second-order valence-electron chi connectivity index (χ2n) is 10.3. The van der Waals surface area contributed by atoms with Crippen molar-refractivity contribution < 1.29 is 19.4 Å². The number of hydrogen-bond donors (Lipinski definition) is 3. The van der Waals surface area contributed by atoms with Crippen LogP contribution < -0.4 is 15.4 Å². The third-order valence-electron chi connectivity index (χ3n) is 7.21. The van der Waals surface area contributed by atoms with Gasteiger partial charge in [-0.15, -0.1) is 0 Å². The van der Waals surface area contributed by atoms with Crippen molar-refractivity contribution in [1.29, 1.82) is 0 Å². The van der Waals surface area contributed by atoms with E-state index >= 15 is 0 Å². The Morgan fingerprint density at radius 3 is 2.34 bits per heavy atom. The van der Waals surface area contributed by atoms with Crippen LogP contribution in [0.1, 0.15) is 85.9 Å². The van der Waals surface area contributed by atoms with Gasteiger partial charge in [-0.25, -0.2) is 4.68 Å². The van der Waals surface area contributed by atoms with Crippen molar-refractivity contribution in [3.63, 3.8) is 0 Å². The standard InChI is InChI=1S/C30H38N4O4/c1-20(2)28-26(19-34(33-28)24-13-15-25(38-3)16-14-24)29(21-7-5-4-6-8-21)32-23-11-9-22(10-12-23)30(37)31-18-17-27(35)36/h9-16,19-21,29,32H,4-8,17-18H2,1-3H3,(H,31,37)(H,35,36). The number of aromatic nitrogens is 2. The maximum Gasteiger partial charge on any atom is 0.305 e. The summed E-state index contributed by atoms with van der Waals surface area (Å²) in [6, 6.07) is 15.4. The molecule has 3 N–H and O–H groups in total. The Kier molecular flexibility index (Phi) is 9.05. The quantitative estimate of drug-likeness (QED) is 0.290. The molecule has 1 unspecified atom stereocenters. The lowest BCUT2D eigenvalue weighted by atomic mass is 9.80. The fourth-order valence-corrected chi connectivity index (χ4v) is 5.16. The number of amides is 1. The molecular formula is C30H38N4O4. The molecule has 0 bridgehead atoms. The summed E-state index contributed by atoms with van der Waals surface area (Å²) in [7, 11) is 1.66. The number of ether oxygens (including phenoxy) is 1. The van der Waals surface area contributed by atoms with Crippen molar-refractivity contribution in [1.82, 2.24) is 15.1 Å². The van der Waals surface area contributed by atoms with Crippen LogP contribution in [0.3, 0.4) is 0 Å². The van der Waals surface area contributed by atoms with Gasteiger partial charge in [-0.2, -0.15) is 5.10 Å². The van der Waals surface area contributed by atoms with E-state index < -0.39 is 5.97 Å². The minimum atomic E-state index is -0.935. The Bertz CT molecular complexity index is 1210. The summed E-state index contributed by atoms with van der Waals surface area (Å²) in [6.45, 7) is 4.47. The summed E-state index contributed by atoms with van der Waals surface area (Å²) in [6.07, 6.45) is 8.10. The Morgan fingerprint density at radius 2 is 1.74 bits per heavy atom. The first kappa shape index (κ1) is 27.2. The van der Waals surface area contributed by atoms with Crippen LogP contribution in [-0.4, -0.2) is 40.4 Å². The van der Waals surface area contributed by atoms with E-state index in [1.807, 2.05) is 41.1 Å². The molecule has 1 aromatic heterocycles. The third-order valence-corrected chi connectivity index (χ3v) is 7.21. The Hall–Kier alpha value is -3.81. The fraction of sp³-hybridized carbons (Fsp3) is 0.433. The third kappa shape index (κ3) is 6.73. The van der Waals surface area contributed by atoms with Gasteiger partial charge in [0, 0.05) is 29.6 Å². The fourth-order valence-electron chi connectivity index (χ4n) is 5.16. The van der Waals surface area contributed by atoms with E-state index in [1.165, 1.54) is 24.8 Å². The van der Waals surface area contributed by atoms with Gasteiger partial charge in [-0.3, -0.25) is 9.59 Å². The van der Waals surface area contributed by atoms with Crippen LogP contribution in [0.5, 0.6) is 5.75 Å². The predicted octanol–water partition coefficient (Wildman–Crippen LogP) is 5.94. The molecule has 202 valence electrons. The molecule has 3 aromatic rings. The van der Waals surface area contributed by atoms with Crippen molar-refractivity contribution in [2.45, 2.75) is 64.3 Å². The van der Waals surface area contributed by atoms with Crippen molar-refractivity contribution >= 4 is 17.6 Å². The number of carbonyl (C=O) groups is 2. The maximum absolute atomic E-state index is 12.4. The molecule has 1 amide bonds. The Labute approximate surface area is 224 Å². The Balaban J connectivity index is 1.60. The smallest absolute Gasteiger partial charge is 0.305 e. The van der Waals surface area contributed by atoms with Gasteiger partial charge in [0.2, 0.25) is 0 Å². The summed E-state index contributed by atoms with van der Waals surface area (Å²) < 4.78 is 7.28. The molecule has 1 saturated carbocycles. The van der Waals surface area contributed by atoms with E-state index in [1.54, 1.807) is 19.2 Å². The molecule has 1 fully saturated rings. The minimum Gasteiger partial charge on any atom is -0.497 e. The summed E-state index contributed by atoms with van der Waals surface area (Å²) in [4.78, 5) is 23.1. The van der Waals surface area contributed by atoms with Crippen LogP contribution in [0.15, 0.2) is 54.7 Å². The molecule has 1 heterocycles. The highest BCUT2D eigenvalue weighted by atomic mass is 16.5. The van der Waals surface area contributed by atoms with Crippen molar-refractivity contribution in [2.75, 3.05) is 19.0 Å². The first-order valence-electron chi connectivity index (χ1n) is 13.5. The lowest BCUT2D eigenvalue weighted by molar-refractivity contribution is -0.136. The monoisotopic (exact) mass is 518 g/mol. The molecule has 0 aliphatic heterocycles. The average molecular weight is 519 g/mol. The zero-order valence-electron chi connectivity index (χ0n) is 22.4. The van der Waals surface area contributed by atoms with E-state index in [2.05, 4.69) is 30.7 Å². The van der Waals surface area contributed by atoms with E-state index in [9.17, 15) is 9.59 Å². The number of nitrogens with one attached hydrogen (secondary N) is 2. The second-order valence-corrected chi connectivity index (χ2v) is 10.3. The Morgan fingerprint density at radius 1 is 1.05 bits per heavy atom. The summed E-state index contributed by atoms with van der Waals surface area (Å²) in [5, 5.41) is 20.2. The number of aliphatic carboxylic acids is 1. The van der Waals surface area contributed by atoms with Gasteiger partial charge in [-0.05, 0) is 73.2 Å². The van der Waals surface area contributed by atoms with Crippen LogP contribution >= 0.6 is 0 Å². The number of carbonyl (C=O) groups excluding carboxylic acids is 1. The van der Waals surface area contributed by atoms with Crippen LogP contribution in [0, 0.1) is 5.92 Å². The number of carboxylic acids is 1. The summed E-state index contributed by atoms with van der Waals surface area (Å²) >= 11 is 0. The van der Waals surface area contributed by atoms with Gasteiger partial charge < -0.3 is 20.5 Å². The molecule has 4 rings (SSSR count). The first-order chi connectivity index (χ1) is 18.4. The largest absolute Gasteiger partial charge is 0.497 e. The topological polar surface area (TPSA) is 105 Å². The van der Waals surface area contributed by atoms with Gasteiger partial charge in [0.15, 0.2) is 0 Å². The van der Waals surface area contributed by atoms with Crippen LogP contribution in [0.2, 0.25) is 0 Å². The number of anilines is 1. The molecule has 1 atom stereocenters. The van der Waals surface area contributed by atoms with Gasteiger partial charge in [0.25, 0.3) is 5.91 Å². The number of nitrogens with zero attached hydrogens (tertiary/aromatic N) is 2. The number of rotatable bonds is 11. The SMILES string of the molecule is COc1ccc(-n2cc(C(Nc3ccc(C(=O)NCCC(=O)O)cc3)C3CCCCC3)c(C(C)C)n2)cc1. The molecular weight excluding hydrogens is 480 g/mol. The van der Waals surface area contributed by atoms with Gasteiger partial charge in [0.05, 0.1) is 31.0 Å². The van der Waals surface area contributed by atoms with Gasteiger partial charge in [-0.1, -0.05) is 33.1 Å². The van der Waals surface area contributed by atoms with E-state index in [0.29, 0.717) is 11.5 Å². The van der Waals surface area contributed by atoms with Crippen LogP contribution in [-0.2, 0) is 4.79 Å². The lowest BCUT2D eigenvalue weighted by Gasteiger charge is -2.32. The van der Waals surface area contributed by atoms with E-state index in [0.717, 1.165) is 35.7 Å². The number of benzene rings is 2.